The molecule has 33 heavy (non-hydrogen) atoms. The van der Waals surface area contributed by atoms with Gasteiger partial charge in [-0.15, -0.1) is 11.6 Å². The van der Waals surface area contributed by atoms with E-state index in [9.17, 15) is 17.9 Å². The van der Waals surface area contributed by atoms with Crippen LogP contribution in [0.2, 0.25) is 0 Å². The Morgan fingerprint density at radius 3 is 2.67 bits per heavy atom. The van der Waals surface area contributed by atoms with Crippen molar-refractivity contribution >= 4 is 21.6 Å². The monoisotopic (exact) mass is 499 g/mol. The summed E-state index contributed by atoms with van der Waals surface area (Å²) in [7, 11) is -4.06. The van der Waals surface area contributed by atoms with Crippen LogP contribution < -0.4 is 0 Å². The van der Waals surface area contributed by atoms with Gasteiger partial charge in [0.15, 0.2) is 0 Å². The number of aliphatic hydroxyl groups excluding tert-OH is 1. The van der Waals surface area contributed by atoms with E-state index in [-0.39, 0.29) is 46.3 Å². The van der Waals surface area contributed by atoms with Gasteiger partial charge in [0.1, 0.15) is 11.6 Å². The molecule has 178 valence electrons. The maximum atomic E-state index is 15.0. The topological polar surface area (TPSA) is 96.5 Å². The van der Waals surface area contributed by atoms with Crippen molar-refractivity contribution < 1.29 is 26.8 Å². The fraction of sp³-hybridized carbons (Fsp3) is 0.455. The second-order valence-corrected chi connectivity index (χ2v) is 10.7. The molecule has 4 rings (SSSR count). The first-order chi connectivity index (χ1) is 15.8. The Balaban J connectivity index is 1.73. The molecule has 1 N–H and O–H groups in total. The maximum Gasteiger partial charge on any atom is 0.243 e. The zero-order valence-electron chi connectivity index (χ0n) is 17.7. The van der Waals surface area contributed by atoms with Crippen molar-refractivity contribution in [1.82, 2.24) is 14.4 Å². The molecule has 1 unspecified atom stereocenters. The smallest absolute Gasteiger partial charge is 0.243 e. The number of aliphatic hydroxyl groups is 1. The second kappa shape index (κ2) is 10.0. The van der Waals surface area contributed by atoms with E-state index in [1.807, 2.05) is 0 Å². The fourth-order valence-corrected chi connectivity index (χ4v) is 6.33. The summed E-state index contributed by atoms with van der Waals surface area (Å²) >= 11 is 6.05. The quantitative estimate of drug-likeness (QED) is 0.575. The van der Waals surface area contributed by atoms with Crippen molar-refractivity contribution in [3.63, 3.8) is 0 Å². The summed E-state index contributed by atoms with van der Waals surface area (Å²) in [4.78, 5) is 3.80. The van der Waals surface area contributed by atoms with Gasteiger partial charge in [0.05, 0.1) is 15.8 Å². The predicted octanol–water partition coefficient (Wildman–Crippen LogP) is 4.15. The van der Waals surface area contributed by atoms with Crippen molar-refractivity contribution in [2.24, 2.45) is 5.92 Å². The molecule has 2 aromatic rings. The van der Waals surface area contributed by atoms with E-state index in [4.69, 9.17) is 11.6 Å². The number of halogens is 3. The zero-order chi connectivity index (χ0) is 23.6. The summed E-state index contributed by atoms with van der Waals surface area (Å²) in [5.74, 6) is -1.99. The minimum atomic E-state index is -4.06. The molecule has 0 aliphatic heterocycles. The third-order valence-electron chi connectivity index (χ3n) is 6.16. The lowest BCUT2D eigenvalue weighted by atomic mass is 9.85. The Bertz CT molecular complexity index is 1150. The summed E-state index contributed by atoms with van der Waals surface area (Å²) in [6.07, 6.45) is 8.74. The Kier molecular flexibility index (Phi) is 7.28. The molecular weight excluding hydrogens is 476 g/mol. The summed E-state index contributed by atoms with van der Waals surface area (Å²) < 4.78 is 62.9. The van der Waals surface area contributed by atoms with Crippen molar-refractivity contribution in [1.29, 1.82) is 0 Å². The van der Waals surface area contributed by atoms with Crippen LogP contribution in [0.1, 0.15) is 37.7 Å². The highest BCUT2D eigenvalue weighted by molar-refractivity contribution is 7.93. The number of rotatable bonds is 7. The molecule has 1 heterocycles. The molecule has 0 radical (unpaired) electrons. The molecule has 2 aliphatic carbocycles. The lowest BCUT2D eigenvalue weighted by Gasteiger charge is -2.39. The number of sulfonamides is 1. The van der Waals surface area contributed by atoms with Crippen LogP contribution in [0.15, 0.2) is 46.2 Å². The third kappa shape index (κ3) is 5.03. The molecule has 0 saturated heterocycles. The minimum Gasteiger partial charge on any atom is -0.396 e. The molecule has 0 bridgehead atoms. The number of benzene rings is 1. The minimum absolute atomic E-state index is 0.0611. The third-order valence-corrected chi connectivity index (χ3v) is 8.40. The van der Waals surface area contributed by atoms with Crippen molar-refractivity contribution in [3.8, 4) is 11.4 Å². The molecule has 3 atom stereocenters. The molecule has 0 amide bonds. The van der Waals surface area contributed by atoms with E-state index in [1.165, 1.54) is 16.5 Å². The highest BCUT2D eigenvalue weighted by atomic mass is 35.5. The first-order valence-electron chi connectivity index (χ1n) is 10.7. The number of allylic oxidation sites excluding steroid dienone is 3. The van der Waals surface area contributed by atoms with Crippen LogP contribution in [-0.2, 0) is 16.6 Å². The van der Waals surface area contributed by atoms with Gasteiger partial charge >= 0.3 is 0 Å². The van der Waals surface area contributed by atoms with Crippen molar-refractivity contribution in [3.05, 3.63) is 58.9 Å². The first kappa shape index (κ1) is 24.0. The van der Waals surface area contributed by atoms with Crippen LogP contribution >= 0.6 is 11.6 Å². The van der Waals surface area contributed by atoms with Crippen molar-refractivity contribution in [2.45, 2.75) is 50.1 Å². The van der Waals surface area contributed by atoms with E-state index in [0.717, 1.165) is 31.4 Å². The molecule has 0 spiro atoms. The molecule has 1 fully saturated rings. The number of alkyl halides is 1. The predicted molar refractivity (Wildman–Crippen MR) is 118 cm³/mol. The van der Waals surface area contributed by atoms with Gasteiger partial charge in [-0.3, -0.25) is 0 Å². The van der Waals surface area contributed by atoms with Crippen LogP contribution in [0.4, 0.5) is 8.78 Å². The fourth-order valence-electron chi connectivity index (χ4n) is 4.40. The van der Waals surface area contributed by atoms with Gasteiger partial charge in [-0.1, -0.05) is 30.2 Å². The summed E-state index contributed by atoms with van der Waals surface area (Å²) in [6, 6.07) is 1.35. The maximum absolute atomic E-state index is 15.0. The van der Waals surface area contributed by atoms with Gasteiger partial charge in [0.25, 0.3) is 0 Å². The van der Waals surface area contributed by atoms with Gasteiger partial charge in [0.2, 0.25) is 22.2 Å². The number of nitrogens with zero attached hydrogens (tertiary/aromatic N) is 3. The highest BCUT2D eigenvalue weighted by Gasteiger charge is 2.38. The number of hydrogen-bond acceptors (Lipinski definition) is 6. The molecule has 1 aromatic carbocycles. The van der Waals surface area contributed by atoms with Crippen LogP contribution in [0.5, 0.6) is 0 Å². The zero-order valence-corrected chi connectivity index (χ0v) is 19.3. The van der Waals surface area contributed by atoms with Gasteiger partial charge < -0.3 is 9.63 Å². The summed E-state index contributed by atoms with van der Waals surface area (Å²) in [5.41, 5.74) is -0.308. The Morgan fingerprint density at radius 1 is 1.21 bits per heavy atom. The second-order valence-electron chi connectivity index (χ2n) is 8.24. The Morgan fingerprint density at radius 2 is 2.00 bits per heavy atom. The van der Waals surface area contributed by atoms with E-state index in [0.29, 0.717) is 19.3 Å². The molecule has 2 aliphatic rings. The average molecular weight is 500 g/mol. The van der Waals surface area contributed by atoms with Crippen molar-refractivity contribution in [2.75, 3.05) is 6.61 Å². The van der Waals surface area contributed by atoms with Crippen LogP contribution in [0.25, 0.3) is 11.4 Å². The van der Waals surface area contributed by atoms with Gasteiger partial charge in [-0.05, 0) is 43.4 Å². The SMILES string of the molecule is O=S(=O)(C1=CCC(Cl)C=C1)N(Cc1cc(F)c(-c2ncon2)cc1F)[C@@H]1CCCC[C@H]1CO. The number of hydrogen-bond donors (Lipinski definition) is 1. The molecular formula is C22H24ClF2N3O4S. The highest BCUT2D eigenvalue weighted by Crippen LogP contribution is 2.35. The van der Waals surface area contributed by atoms with E-state index < -0.39 is 27.7 Å². The molecule has 11 heteroatoms. The molecule has 1 saturated carbocycles. The Hall–Kier alpha value is -2.14. The largest absolute Gasteiger partial charge is 0.396 e. The van der Waals surface area contributed by atoms with Crippen LogP contribution in [-0.4, -0.2) is 46.0 Å². The van der Waals surface area contributed by atoms with Gasteiger partial charge in [-0.25, -0.2) is 17.2 Å². The van der Waals surface area contributed by atoms with E-state index in [2.05, 4.69) is 14.7 Å². The standard InChI is InChI=1S/C22H24ClF2N3O4S/c23-16-5-7-17(8-6-16)33(30,31)28(21-4-2-1-3-14(21)12-29)11-15-9-20(25)18(10-19(15)24)22-26-13-32-27-22/h5,7-10,13-14,16,21,29H,1-4,6,11-12H2/t14-,16?,21+/m0/s1. The van der Waals surface area contributed by atoms with Gasteiger partial charge in [-0.2, -0.15) is 9.29 Å². The summed E-state index contributed by atoms with van der Waals surface area (Å²) in [6.45, 7) is -0.572. The molecule has 1 aromatic heterocycles. The molecule has 7 nitrogen and oxygen atoms in total. The Labute approximate surface area is 195 Å². The lowest BCUT2D eigenvalue weighted by molar-refractivity contribution is 0.109. The average Bonchev–Trinajstić information content (AvgIpc) is 3.34. The number of aromatic nitrogens is 2. The van der Waals surface area contributed by atoms with Gasteiger partial charge in [0, 0.05) is 24.8 Å². The van der Waals surface area contributed by atoms with E-state index >= 15 is 4.39 Å². The summed E-state index contributed by atoms with van der Waals surface area (Å²) in [5, 5.41) is 13.1. The van der Waals surface area contributed by atoms with E-state index in [1.54, 1.807) is 6.08 Å². The first-order valence-corrected chi connectivity index (χ1v) is 12.6. The normalized spacial score (nSPS) is 23.7. The van der Waals surface area contributed by atoms with Crippen LogP contribution in [0, 0.1) is 17.6 Å². The lowest BCUT2D eigenvalue weighted by Crippen LogP contribution is -2.47. The van der Waals surface area contributed by atoms with Crippen LogP contribution in [0.3, 0.4) is 0 Å².